The number of esters is 4. The number of rotatable bonds is 66. The van der Waals surface area contributed by atoms with Gasteiger partial charge in [0.25, 0.3) is 0 Å². The van der Waals surface area contributed by atoms with Crippen molar-refractivity contribution in [2.24, 2.45) is 11.8 Å². The summed E-state index contributed by atoms with van der Waals surface area (Å²) in [5.74, 6) is -0.581. The molecule has 0 fully saturated rings. The zero-order valence-corrected chi connectivity index (χ0v) is 57.4. The summed E-state index contributed by atoms with van der Waals surface area (Å²) < 4.78 is 68.0. The summed E-state index contributed by atoms with van der Waals surface area (Å²) in [4.78, 5) is 72.1. The molecule has 17 nitrogen and oxygen atoms in total. The van der Waals surface area contributed by atoms with Gasteiger partial charge in [-0.3, -0.25) is 37.3 Å². The maximum atomic E-state index is 13.0. The molecule has 0 aromatic heterocycles. The van der Waals surface area contributed by atoms with Crippen LogP contribution >= 0.6 is 15.6 Å². The molecule has 0 spiro atoms. The Hall–Kier alpha value is -1.94. The lowest BCUT2D eigenvalue weighted by Gasteiger charge is -2.21. The van der Waals surface area contributed by atoms with Crippen LogP contribution in [-0.4, -0.2) is 96.7 Å². The molecule has 0 radical (unpaired) electrons. The fourth-order valence-electron chi connectivity index (χ4n) is 10.1. The minimum atomic E-state index is -4.95. The minimum absolute atomic E-state index is 0.106. The van der Waals surface area contributed by atoms with Gasteiger partial charge in [-0.05, 0) is 37.5 Å². The van der Waals surface area contributed by atoms with E-state index < -0.39 is 97.5 Å². The quantitative estimate of drug-likeness (QED) is 0.0222. The number of phosphoric acid groups is 2. The predicted octanol–water partition coefficient (Wildman–Crippen LogP) is 18.8. The number of hydrogen-bond donors (Lipinski definition) is 3. The normalized spacial score (nSPS) is 14.2. The highest BCUT2D eigenvalue weighted by Crippen LogP contribution is 2.45. The molecule has 0 saturated heterocycles. The summed E-state index contributed by atoms with van der Waals surface area (Å²) in [6, 6.07) is 0. The van der Waals surface area contributed by atoms with Crippen LogP contribution in [0.25, 0.3) is 0 Å². The molecule has 0 rings (SSSR count). The van der Waals surface area contributed by atoms with E-state index in [1.807, 2.05) is 0 Å². The average molecular weight is 1270 g/mol. The van der Waals surface area contributed by atoms with Gasteiger partial charge in [0.15, 0.2) is 12.2 Å². The van der Waals surface area contributed by atoms with Crippen molar-refractivity contribution in [3.8, 4) is 0 Å². The molecule has 86 heavy (non-hydrogen) atoms. The Morgan fingerprint density at radius 1 is 0.314 bits per heavy atom. The second-order valence-corrected chi connectivity index (χ2v) is 28.1. The Kier molecular flexibility index (Phi) is 58.0. The summed E-state index contributed by atoms with van der Waals surface area (Å²) in [5.41, 5.74) is 0. The van der Waals surface area contributed by atoms with Gasteiger partial charge in [-0.25, -0.2) is 9.13 Å². The van der Waals surface area contributed by atoms with Crippen LogP contribution in [-0.2, 0) is 65.4 Å². The first-order valence-electron chi connectivity index (χ1n) is 35.0. The van der Waals surface area contributed by atoms with E-state index in [9.17, 15) is 43.2 Å². The van der Waals surface area contributed by atoms with Crippen molar-refractivity contribution in [3.05, 3.63) is 0 Å². The molecule has 0 heterocycles. The molecule has 0 aliphatic heterocycles. The summed E-state index contributed by atoms with van der Waals surface area (Å²) in [5, 5.41) is 10.5. The van der Waals surface area contributed by atoms with Gasteiger partial charge in [0, 0.05) is 25.7 Å². The molecule has 3 N–H and O–H groups in total. The summed E-state index contributed by atoms with van der Waals surface area (Å²) >= 11 is 0. The van der Waals surface area contributed by atoms with Crippen LogP contribution in [0.2, 0.25) is 0 Å². The molecule has 5 atom stereocenters. The first kappa shape index (κ1) is 84.1. The van der Waals surface area contributed by atoms with Gasteiger partial charge in [-0.15, -0.1) is 0 Å². The minimum Gasteiger partial charge on any atom is -0.462 e. The number of hydrogen-bond acceptors (Lipinski definition) is 15. The summed E-state index contributed by atoms with van der Waals surface area (Å²) in [7, 11) is -9.88. The Balaban J connectivity index is 5.17. The van der Waals surface area contributed by atoms with Gasteiger partial charge in [-0.1, -0.05) is 286 Å². The molecule has 0 amide bonds. The number of unbranched alkanes of at least 4 members (excludes halogenated alkanes) is 36. The van der Waals surface area contributed by atoms with Crippen molar-refractivity contribution in [1.29, 1.82) is 0 Å². The molecule has 0 aliphatic carbocycles. The van der Waals surface area contributed by atoms with Crippen molar-refractivity contribution in [2.75, 3.05) is 39.6 Å². The van der Waals surface area contributed by atoms with Gasteiger partial charge >= 0.3 is 39.5 Å². The monoisotopic (exact) mass is 1270 g/mol. The maximum Gasteiger partial charge on any atom is 0.472 e. The third kappa shape index (κ3) is 60.9. The molecule has 2 unspecified atom stereocenters. The van der Waals surface area contributed by atoms with Crippen molar-refractivity contribution in [3.63, 3.8) is 0 Å². The van der Waals surface area contributed by atoms with Crippen molar-refractivity contribution in [2.45, 2.75) is 355 Å². The van der Waals surface area contributed by atoms with E-state index in [0.717, 1.165) is 108 Å². The molecular formula is C67H130O17P2. The van der Waals surface area contributed by atoms with Crippen LogP contribution in [0.15, 0.2) is 0 Å². The van der Waals surface area contributed by atoms with E-state index in [0.29, 0.717) is 25.7 Å². The van der Waals surface area contributed by atoms with Crippen LogP contribution < -0.4 is 0 Å². The standard InChI is InChI=1S/C67H130O17P2/c1-7-9-11-13-14-15-20-28-33-39-45-51-66(71)83-62(55-77-64(69)49-43-35-12-10-8-2)57-81-85(73,74)79-53-61(68)54-80-86(75,76)82-58-63(56-78-65(70)50-44-38-32-27-24-19-22-26-31-37-42-48-60(5)6)84-67(72)52-46-40-34-29-23-18-16-17-21-25-30-36-41-47-59(3)4/h59-63,68H,7-58H2,1-6H3,(H,73,74)(H,75,76)/t61-,62+,63+/m0/s1. The Morgan fingerprint density at radius 2 is 0.535 bits per heavy atom. The van der Waals surface area contributed by atoms with E-state index in [1.165, 1.54) is 148 Å². The molecule has 0 bridgehead atoms. The van der Waals surface area contributed by atoms with Gasteiger partial charge < -0.3 is 33.8 Å². The summed E-state index contributed by atoms with van der Waals surface area (Å²) in [6.45, 7) is 9.46. The smallest absolute Gasteiger partial charge is 0.462 e. The van der Waals surface area contributed by atoms with E-state index in [2.05, 4.69) is 41.5 Å². The number of carbonyl (C=O) groups excluding carboxylic acids is 4. The third-order valence-corrected chi connectivity index (χ3v) is 17.4. The highest BCUT2D eigenvalue weighted by atomic mass is 31.2. The summed E-state index contributed by atoms with van der Waals surface area (Å²) in [6.07, 6.45) is 43.3. The van der Waals surface area contributed by atoms with Crippen molar-refractivity contribution < 1.29 is 80.2 Å². The molecule has 0 aromatic rings. The molecular weight excluding hydrogens is 1140 g/mol. The number of carbonyl (C=O) groups is 4. The van der Waals surface area contributed by atoms with Gasteiger partial charge in [0.2, 0.25) is 0 Å². The molecule has 510 valence electrons. The lowest BCUT2D eigenvalue weighted by atomic mass is 10.0. The number of aliphatic hydroxyl groups excluding tert-OH is 1. The van der Waals surface area contributed by atoms with E-state index >= 15 is 0 Å². The Labute approximate surface area is 524 Å². The SMILES string of the molecule is CCCCCCCCCCCCCC(=O)O[C@H](COC(=O)CCCCCCC)COP(=O)(O)OC[C@H](O)COP(=O)(O)OC[C@@H](COC(=O)CCCCCCCCCCCCCC(C)C)OC(=O)CCCCCCCCCCCCCCCC(C)C. The fourth-order valence-corrected chi connectivity index (χ4v) is 11.6. The predicted molar refractivity (Wildman–Crippen MR) is 345 cm³/mol. The molecule has 19 heteroatoms. The highest BCUT2D eigenvalue weighted by molar-refractivity contribution is 7.47. The molecule has 0 aliphatic rings. The van der Waals surface area contributed by atoms with Crippen molar-refractivity contribution >= 4 is 39.5 Å². The van der Waals surface area contributed by atoms with Crippen molar-refractivity contribution in [1.82, 2.24) is 0 Å². The first-order chi connectivity index (χ1) is 41.4. The van der Waals surface area contributed by atoms with E-state index in [-0.39, 0.29) is 25.7 Å². The van der Waals surface area contributed by atoms with Crippen LogP contribution in [0.3, 0.4) is 0 Å². The van der Waals surface area contributed by atoms with Gasteiger partial charge in [-0.2, -0.15) is 0 Å². The topological polar surface area (TPSA) is 237 Å². The number of phosphoric ester groups is 2. The zero-order valence-electron chi connectivity index (χ0n) is 55.6. The van der Waals surface area contributed by atoms with Crippen LogP contribution in [0.5, 0.6) is 0 Å². The number of aliphatic hydroxyl groups is 1. The van der Waals surface area contributed by atoms with E-state index in [4.69, 9.17) is 37.0 Å². The second kappa shape index (κ2) is 59.4. The Bertz CT molecular complexity index is 1680. The number of ether oxygens (including phenoxy) is 4. The van der Waals surface area contributed by atoms with Crippen LogP contribution in [0, 0.1) is 11.8 Å². The lowest BCUT2D eigenvalue weighted by molar-refractivity contribution is -0.161. The lowest BCUT2D eigenvalue weighted by Crippen LogP contribution is -2.30. The second-order valence-electron chi connectivity index (χ2n) is 25.2. The third-order valence-electron chi connectivity index (χ3n) is 15.5. The van der Waals surface area contributed by atoms with Gasteiger partial charge in [0.1, 0.15) is 19.3 Å². The maximum absolute atomic E-state index is 13.0. The highest BCUT2D eigenvalue weighted by Gasteiger charge is 2.30. The van der Waals surface area contributed by atoms with Crippen LogP contribution in [0.4, 0.5) is 0 Å². The Morgan fingerprint density at radius 3 is 0.791 bits per heavy atom. The van der Waals surface area contributed by atoms with E-state index in [1.54, 1.807) is 0 Å². The average Bonchev–Trinajstić information content (AvgIpc) is 3.62. The molecule has 0 saturated carbocycles. The molecule has 0 aromatic carbocycles. The zero-order chi connectivity index (χ0) is 63.6. The van der Waals surface area contributed by atoms with Gasteiger partial charge in [0.05, 0.1) is 26.4 Å². The van der Waals surface area contributed by atoms with Crippen LogP contribution in [0.1, 0.15) is 337 Å². The fraction of sp³-hybridized carbons (Fsp3) is 0.940. The largest absolute Gasteiger partial charge is 0.472 e. The first-order valence-corrected chi connectivity index (χ1v) is 38.0.